The molecule has 2 unspecified atom stereocenters. The molecule has 16 heavy (non-hydrogen) atoms. The maximum atomic E-state index is 10.7. The molecule has 0 bridgehead atoms. The van der Waals surface area contributed by atoms with E-state index < -0.39 is 5.60 Å². The molecule has 0 aromatic heterocycles. The fraction of sp³-hybridized carbons (Fsp3) is 0.571. The first-order valence-electron chi connectivity index (χ1n) is 6.04. The van der Waals surface area contributed by atoms with Crippen molar-refractivity contribution in [1.29, 1.82) is 0 Å². The van der Waals surface area contributed by atoms with Crippen molar-refractivity contribution in [2.45, 2.75) is 45.3 Å². The van der Waals surface area contributed by atoms with E-state index in [0.717, 1.165) is 24.9 Å². The zero-order valence-corrected chi connectivity index (χ0v) is 10.4. The van der Waals surface area contributed by atoms with Crippen molar-refractivity contribution < 1.29 is 5.11 Å². The summed E-state index contributed by atoms with van der Waals surface area (Å²) in [7, 11) is 0. The molecule has 0 amide bonds. The third kappa shape index (κ3) is 2.13. The van der Waals surface area contributed by atoms with Crippen LogP contribution in [0, 0.1) is 13.8 Å². The molecule has 1 aromatic rings. The second-order valence-corrected chi connectivity index (χ2v) is 5.17. The largest absolute Gasteiger partial charge is 0.384 e. The smallest absolute Gasteiger partial charge is 0.102 e. The molecule has 0 aliphatic carbocycles. The molecular formula is C14H21NO. The highest BCUT2D eigenvalue weighted by molar-refractivity contribution is 5.33. The molecule has 2 atom stereocenters. The molecule has 0 spiro atoms. The number of benzene rings is 1. The first-order valence-corrected chi connectivity index (χ1v) is 6.04. The highest BCUT2D eigenvalue weighted by Crippen LogP contribution is 2.30. The highest BCUT2D eigenvalue weighted by Gasteiger charge is 2.35. The Labute approximate surface area is 97.7 Å². The topological polar surface area (TPSA) is 32.3 Å². The lowest BCUT2D eigenvalue weighted by Gasteiger charge is -2.31. The van der Waals surface area contributed by atoms with Gasteiger partial charge in [0.2, 0.25) is 0 Å². The lowest BCUT2D eigenvalue weighted by Crippen LogP contribution is -2.42. The summed E-state index contributed by atoms with van der Waals surface area (Å²) < 4.78 is 0. The van der Waals surface area contributed by atoms with Gasteiger partial charge in [-0.1, -0.05) is 29.3 Å². The quantitative estimate of drug-likeness (QED) is 0.799. The van der Waals surface area contributed by atoms with Gasteiger partial charge in [-0.15, -0.1) is 0 Å². The van der Waals surface area contributed by atoms with Crippen LogP contribution in [0.2, 0.25) is 0 Å². The number of aliphatic hydroxyl groups is 1. The predicted octanol–water partition coefficient (Wildman–Crippen LogP) is 2.26. The van der Waals surface area contributed by atoms with Crippen molar-refractivity contribution in [3.05, 3.63) is 34.9 Å². The number of rotatable bonds is 2. The minimum Gasteiger partial charge on any atom is -0.384 e. The van der Waals surface area contributed by atoms with Gasteiger partial charge in [0.1, 0.15) is 5.60 Å². The Morgan fingerprint density at radius 3 is 2.38 bits per heavy atom. The molecule has 2 nitrogen and oxygen atoms in total. The zero-order chi connectivity index (χ0) is 11.8. The molecule has 2 rings (SSSR count). The lowest BCUT2D eigenvalue weighted by atomic mass is 9.86. The van der Waals surface area contributed by atoms with Crippen LogP contribution in [0.4, 0.5) is 0 Å². The van der Waals surface area contributed by atoms with Crippen LogP contribution in [-0.2, 0) is 5.60 Å². The van der Waals surface area contributed by atoms with E-state index in [1.807, 2.05) is 6.92 Å². The Kier molecular flexibility index (Phi) is 3.04. The summed E-state index contributed by atoms with van der Waals surface area (Å²) in [5, 5.41) is 14.1. The van der Waals surface area contributed by atoms with Gasteiger partial charge in [-0.05, 0) is 45.7 Å². The molecule has 88 valence electrons. The van der Waals surface area contributed by atoms with Gasteiger partial charge in [0, 0.05) is 6.04 Å². The molecule has 1 fully saturated rings. The summed E-state index contributed by atoms with van der Waals surface area (Å²) in [6.07, 6.45) is 2.21. The van der Waals surface area contributed by atoms with Gasteiger partial charge in [-0.2, -0.15) is 0 Å². The van der Waals surface area contributed by atoms with Gasteiger partial charge in [0.25, 0.3) is 0 Å². The van der Waals surface area contributed by atoms with Crippen LogP contribution in [0.25, 0.3) is 0 Å². The highest BCUT2D eigenvalue weighted by atomic mass is 16.3. The average Bonchev–Trinajstić information content (AvgIpc) is 2.69. The van der Waals surface area contributed by atoms with Crippen molar-refractivity contribution in [1.82, 2.24) is 5.32 Å². The summed E-state index contributed by atoms with van der Waals surface area (Å²) in [5.41, 5.74) is 2.71. The van der Waals surface area contributed by atoms with E-state index in [4.69, 9.17) is 0 Å². The number of hydrogen-bond acceptors (Lipinski definition) is 2. The van der Waals surface area contributed by atoms with Crippen molar-refractivity contribution >= 4 is 0 Å². The zero-order valence-electron chi connectivity index (χ0n) is 10.4. The fourth-order valence-corrected chi connectivity index (χ4v) is 2.63. The molecule has 1 aliphatic rings. The molecule has 2 heteroatoms. The monoisotopic (exact) mass is 219 g/mol. The van der Waals surface area contributed by atoms with Gasteiger partial charge in [-0.3, -0.25) is 0 Å². The predicted molar refractivity (Wildman–Crippen MR) is 66.5 cm³/mol. The maximum Gasteiger partial charge on any atom is 0.102 e. The van der Waals surface area contributed by atoms with Gasteiger partial charge in [0.15, 0.2) is 0 Å². The summed E-state index contributed by atoms with van der Waals surface area (Å²) in [5.74, 6) is 0. The molecule has 1 saturated heterocycles. The third-order valence-corrected chi connectivity index (χ3v) is 3.54. The fourth-order valence-electron chi connectivity index (χ4n) is 2.63. The molecule has 0 radical (unpaired) electrons. The van der Waals surface area contributed by atoms with Crippen LogP contribution in [0.3, 0.4) is 0 Å². The summed E-state index contributed by atoms with van der Waals surface area (Å²) in [6, 6.07) is 6.51. The van der Waals surface area contributed by atoms with E-state index in [1.165, 1.54) is 11.1 Å². The average molecular weight is 219 g/mol. The third-order valence-electron chi connectivity index (χ3n) is 3.54. The van der Waals surface area contributed by atoms with Crippen LogP contribution in [-0.4, -0.2) is 17.7 Å². The standard InChI is InChI=1S/C14H21NO/c1-10-7-11(2)9-12(8-10)14(3,16)13-5-4-6-15-13/h7-9,13,15-16H,4-6H2,1-3H3. The van der Waals surface area contributed by atoms with E-state index in [-0.39, 0.29) is 6.04 Å². The Balaban J connectivity index is 2.33. The molecule has 1 aliphatic heterocycles. The molecule has 0 saturated carbocycles. The van der Waals surface area contributed by atoms with Crippen molar-refractivity contribution in [2.75, 3.05) is 6.54 Å². The second-order valence-electron chi connectivity index (χ2n) is 5.17. The van der Waals surface area contributed by atoms with E-state index >= 15 is 0 Å². The Morgan fingerprint density at radius 1 is 1.25 bits per heavy atom. The SMILES string of the molecule is Cc1cc(C)cc(C(C)(O)C2CCCN2)c1. The Hall–Kier alpha value is -0.860. The van der Waals surface area contributed by atoms with Crippen molar-refractivity contribution in [3.8, 4) is 0 Å². The molecule has 2 N–H and O–H groups in total. The minimum atomic E-state index is -0.757. The first kappa shape index (κ1) is 11.6. The van der Waals surface area contributed by atoms with Crippen LogP contribution in [0.5, 0.6) is 0 Å². The van der Waals surface area contributed by atoms with Crippen LogP contribution in [0.15, 0.2) is 18.2 Å². The second kappa shape index (κ2) is 4.19. The van der Waals surface area contributed by atoms with Gasteiger partial charge in [-0.25, -0.2) is 0 Å². The van der Waals surface area contributed by atoms with Gasteiger partial charge in [0.05, 0.1) is 0 Å². The number of hydrogen-bond donors (Lipinski definition) is 2. The Bertz CT molecular complexity index is 358. The van der Waals surface area contributed by atoms with E-state index in [0.29, 0.717) is 0 Å². The number of aryl methyl sites for hydroxylation is 2. The van der Waals surface area contributed by atoms with E-state index in [9.17, 15) is 5.11 Å². The molecular weight excluding hydrogens is 198 g/mol. The van der Waals surface area contributed by atoms with Crippen LogP contribution >= 0.6 is 0 Å². The van der Waals surface area contributed by atoms with Crippen molar-refractivity contribution in [3.63, 3.8) is 0 Å². The van der Waals surface area contributed by atoms with E-state index in [2.05, 4.69) is 37.4 Å². The normalized spacial score (nSPS) is 24.4. The number of nitrogens with one attached hydrogen (secondary N) is 1. The Morgan fingerprint density at radius 2 is 1.88 bits per heavy atom. The lowest BCUT2D eigenvalue weighted by molar-refractivity contribution is 0.0217. The van der Waals surface area contributed by atoms with Gasteiger partial charge >= 0.3 is 0 Å². The molecule has 1 heterocycles. The summed E-state index contributed by atoms with van der Waals surface area (Å²) in [4.78, 5) is 0. The summed E-state index contributed by atoms with van der Waals surface area (Å²) >= 11 is 0. The minimum absolute atomic E-state index is 0.189. The van der Waals surface area contributed by atoms with Gasteiger partial charge < -0.3 is 10.4 Å². The first-order chi connectivity index (χ1) is 7.50. The van der Waals surface area contributed by atoms with Crippen molar-refractivity contribution in [2.24, 2.45) is 0 Å². The summed E-state index contributed by atoms with van der Waals surface area (Å²) in [6.45, 7) is 7.10. The maximum absolute atomic E-state index is 10.7. The van der Waals surface area contributed by atoms with E-state index in [1.54, 1.807) is 0 Å². The van der Waals surface area contributed by atoms with Crippen LogP contribution < -0.4 is 5.32 Å². The molecule has 1 aromatic carbocycles. The van der Waals surface area contributed by atoms with Crippen LogP contribution in [0.1, 0.15) is 36.5 Å².